The van der Waals surface area contributed by atoms with E-state index in [1.807, 2.05) is 17.0 Å². The fraction of sp³-hybridized carbons (Fsp3) is 0.714. The number of nitrogens with one attached hydrogen (secondary N) is 1. The molecule has 0 radical (unpaired) electrons. The van der Waals surface area contributed by atoms with Gasteiger partial charge in [-0.3, -0.25) is 14.5 Å². The van der Waals surface area contributed by atoms with Gasteiger partial charge in [-0.2, -0.15) is 0 Å². The van der Waals surface area contributed by atoms with Crippen molar-refractivity contribution in [2.24, 2.45) is 29.1 Å². The third-order valence-electron chi connectivity index (χ3n) is 9.49. The zero-order valence-electron chi connectivity index (χ0n) is 20.9. The first-order valence-electron chi connectivity index (χ1n) is 13.3. The minimum Gasteiger partial charge on any atom is -0.381 e. The largest absolute Gasteiger partial charge is 0.381 e. The van der Waals surface area contributed by atoms with Crippen LogP contribution in [0.15, 0.2) is 24.3 Å². The summed E-state index contributed by atoms with van der Waals surface area (Å²) < 4.78 is 5.51. The maximum absolute atomic E-state index is 13.1. The zero-order chi connectivity index (χ0) is 23.7. The van der Waals surface area contributed by atoms with Gasteiger partial charge in [0.25, 0.3) is 5.91 Å². The Balaban J connectivity index is 0.968. The highest BCUT2D eigenvalue weighted by Gasteiger charge is 2.65. The molecule has 2 aliphatic carbocycles. The van der Waals surface area contributed by atoms with Crippen LogP contribution in [0.25, 0.3) is 0 Å². The Morgan fingerprint density at radius 1 is 1.06 bits per heavy atom. The van der Waals surface area contributed by atoms with Gasteiger partial charge in [-0.15, -0.1) is 0 Å². The topological polar surface area (TPSA) is 61.9 Å². The van der Waals surface area contributed by atoms with E-state index in [4.69, 9.17) is 4.74 Å². The van der Waals surface area contributed by atoms with Crippen molar-refractivity contribution in [3.05, 3.63) is 35.4 Å². The molecule has 4 atom stereocenters. The molecular formula is C28H39N3O3. The number of carbonyl (C=O) groups excluding carboxylic acids is 2. The molecule has 0 bridgehead atoms. The lowest BCUT2D eigenvalue weighted by molar-refractivity contribution is -0.126. The number of ether oxygens (including phenoxy) is 1. The lowest BCUT2D eigenvalue weighted by Gasteiger charge is -2.32. The van der Waals surface area contributed by atoms with E-state index in [9.17, 15) is 9.59 Å². The molecule has 5 aliphatic rings. The van der Waals surface area contributed by atoms with Gasteiger partial charge in [-0.1, -0.05) is 32.9 Å². The predicted molar refractivity (Wildman–Crippen MR) is 130 cm³/mol. The number of carbonyl (C=O) groups is 2. The SMILES string of the molecule is CC(C)(C)c1ccc(C(=O)N2CC3C(CNC(=O)C45CC4CN(C4CCOCC4)C5)C3C2)cc1. The van der Waals surface area contributed by atoms with Crippen molar-refractivity contribution in [2.45, 2.75) is 51.5 Å². The van der Waals surface area contributed by atoms with Gasteiger partial charge < -0.3 is 15.0 Å². The Morgan fingerprint density at radius 3 is 2.38 bits per heavy atom. The lowest BCUT2D eigenvalue weighted by Crippen LogP contribution is -2.43. The number of fused-ring (bicyclic) bond motifs is 2. The number of hydrogen-bond donors (Lipinski definition) is 1. The summed E-state index contributed by atoms with van der Waals surface area (Å²) in [5.41, 5.74) is 2.01. The summed E-state index contributed by atoms with van der Waals surface area (Å²) in [5.74, 6) is 2.61. The fourth-order valence-electron chi connectivity index (χ4n) is 7.00. The molecule has 184 valence electrons. The van der Waals surface area contributed by atoms with Crippen LogP contribution in [-0.2, 0) is 14.9 Å². The number of rotatable bonds is 5. The van der Waals surface area contributed by atoms with Crippen molar-refractivity contribution in [2.75, 3.05) is 45.9 Å². The molecule has 6 rings (SSSR count). The molecule has 3 saturated heterocycles. The zero-order valence-corrected chi connectivity index (χ0v) is 20.9. The Hall–Kier alpha value is -1.92. The highest BCUT2D eigenvalue weighted by molar-refractivity contribution is 5.94. The molecule has 6 nitrogen and oxygen atoms in total. The number of nitrogens with zero attached hydrogens (tertiary/aromatic N) is 2. The van der Waals surface area contributed by atoms with E-state index in [0.717, 1.165) is 70.8 Å². The van der Waals surface area contributed by atoms with Crippen molar-refractivity contribution in [3.63, 3.8) is 0 Å². The molecule has 2 amide bonds. The molecule has 34 heavy (non-hydrogen) atoms. The predicted octanol–water partition coefficient (Wildman–Crippen LogP) is 2.92. The Bertz CT molecular complexity index is 952. The summed E-state index contributed by atoms with van der Waals surface area (Å²) in [6.07, 6.45) is 3.27. The van der Waals surface area contributed by atoms with Crippen LogP contribution in [0.3, 0.4) is 0 Å². The van der Waals surface area contributed by atoms with E-state index in [2.05, 4.69) is 43.1 Å². The van der Waals surface area contributed by atoms with Gasteiger partial charge in [0, 0.05) is 57.5 Å². The van der Waals surface area contributed by atoms with Gasteiger partial charge >= 0.3 is 0 Å². The standard InChI is InChI=1S/C28H39N3O3/c1-27(2,3)19-6-4-18(5-7-19)25(32)30-15-23-22(24(23)16-30)13-29-26(33)28-12-20(28)14-31(17-28)21-8-10-34-11-9-21/h4-7,20-24H,8-17H2,1-3H3,(H,29,33). The van der Waals surface area contributed by atoms with Crippen molar-refractivity contribution < 1.29 is 14.3 Å². The van der Waals surface area contributed by atoms with Crippen LogP contribution < -0.4 is 5.32 Å². The van der Waals surface area contributed by atoms with E-state index >= 15 is 0 Å². The molecule has 5 fully saturated rings. The second-order valence-corrected chi connectivity index (χ2v) is 12.6. The van der Waals surface area contributed by atoms with Crippen molar-refractivity contribution in [1.82, 2.24) is 15.1 Å². The molecule has 3 aliphatic heterocycles. The maximum Gasteiger partial charge on any atom is 0.253 e. The minimum absolute atomic E-state index is 0.0934. The van der Waals surface area contributed by atoms with E-state index in [1.165, 1.54) is 5.56 Å². The third-order valence-corrected chi connectivity index (χ3v) is 9.49. The maximum atomic E-state index is 13.1. The summed E-state index contributed by atoms with van der Waals surface area (Å²) >= 11 is 0. The van der Waals surface area contributed by atoms with Crippen LogP contribution >= 0.6 is 0 Å². The summed E-state index contributed by atoms with van der Waals surface area (Å²) in [4.78, 5) is 30.7. The number of hydrogen-bond acceptors (Lipinski definition) is 4. The Labute approximate surface area is 203 Å². The van der Waals surface area contributed by atoms with Gasteiger partial charge in [0.15, 0.2) is 0 Å². The van der Waals surface area contributed by atoms with Crippen molar-refractivity contribution in [1.29, 1.82) is 0 Å². The molecule has 3 heterocycles. The van der Waals surface area contributed by atoms with E-state index in [0.29, 0.717) is 29.7 Å². The van der Waals surface area contributed by atoms with Crippen LogP contribution in [0.4, 0.5) is 0 Å². The average molecular weight is 466 g/mol. The molecule has 0 spiro atoms. The molecule has 0 aromatic heterocycles. The van der Waals surface area contributed by atoms with E-state index in [1.54, 1.807) is 0 Å². The van der Waals surface area contributed by atoms with Gasteiger partial charge in [-0.25, -0.2) is 0 Å². The summed E-state index contributed by atoms with van der Waals surface area (Å²) in [6.45, 7) is 12.7. The molecular weight excluding hydrogens is 426 g/mol. The van der Waals surface area contributed by atoms with Crippen molar-refractivity contribution >= 4 is 11.8 Å². The van der Waals surface area contributed by atoms with Gasteiger partial charge in [0.05, 0.1) is 5.41 Å². The Kier molecular flexibility index (Phi) is 5.34. The highest BCUT2D eigenvalue weighted by Crippen LogP contribution is 2.59. The van der Waals surface area contributed by atoms with Crippen LogP contribution in [0.5, 0.6) is 0 Å². The van der Waals surface area contributed by atoms with Crippen LogP contribution in [-0.4, -0.2) is 73.6 Å². The quantitative estimate of drug-likeness (QED) is 0.726. The first-order valence-corrected chi connectivity index (χ1v) is 13.3. The lowest BCUT2D eigenvalue weighted by atomic mass is 9.86. The average Bonchev–Trinajstić information content (AvgIpc) is 3.57. The summed E-state index contributed by atoms with van der Waals surface area (Å²) in [7, 11) is 0. The molecule has 1 aromatic carbocycles. The normalized spacial score (nSPS) is 35.1. The second-order valence-electron chi connectivity index (χ2n) is 12.6. The van der Waals surface area contributed by atoms with Gasteiger partial charge in [-0.05, 0) is 66.0 Å². The molecule has 1 N–H and O–H groups in total. The number of amides is 2. The number of benzene rings is 1. The van der Waals surface area contributed by atoms with Gasteiger partial charge in [0.1, 0.15) is 0 Å². The van der Waals surface area contributed by atoms with Gasteiger partial charge in [0.2, 0.25) is 5.91 Å². The van der Waals surface area contributed by atoms with Crippen molar-refractivity contribution in [3.8, 4) is 0 Å². The fourth-order valence-corrected chi connectivity index (χ4v) is 7.00. The first-order chi connectivity index (χ1) is 16.3. The first kappa shape index (κ1) is 22.5. The Morgan fingerprint density at radius 2 is 1.74 bits per heavy atom. The molecule has 2 saturated carbocycles. The van der Waals surface area contributed by atoms with E-state index < -0.39 is 0 Å². The van der Waals surface area contributed by atoms with Crippen LogP contribution in [0.2, 0.25) is 0 Å². The molecule has 4 unspecified atom stereocenters. The molecule has 1 aromatic rings. The number of piperidine rings is 2. The minimum atomic E-state index is -0.122. The summed E-state index contributed by atoms with van der Waals surface area (Å²) in [6, 6.07) is 8.71. The highest BCUT2D eigenvalue weighted by atomic mass is 16.5. The monoisotopic (exact) mass is 465 g/mol. The van der Waals surface area contributed by atoms with E-state index in [-0.39, 0.29) is 22.6 Å². The van der Waals surface area contributed by atoms with Crippen LogP contribution in [0.1, 0.15) is 56.0 Å². The smallest absolute Gasteiger partial charge is 0.253 e. The number of likely N-dealkylation sites (tertiary alicyclic amines) is 2. The molecule has 6 heteroatoms. The van der Waals surface area contributed by atoms with Crippen LogP contribution in [0, 0.1) is 29.1 Å². The second kappa shape index (κ2) is 8.06. The third kappa shape index (κ3) is 3.87. The summed E-state index contributed by atoms with van der Waals surface area (Å²) in [5, 5.41) is 3.32.